The van der Waals surface area contributed by atoms with Crippen molar-refractivity contribution in [2.24, 2.45) is 5.10 Å². The Morgan fingerprint density at radius 2 is 1.67 bits per heavy atom. The summed E-state index contributed by atoms with van der Waals surface area (Å²) in [5.74, 6) is 0.521. The molecular formula is C19H24N4S. The third kappa shape index (κ3) is 5.35. The van der Waals surface area contributed by atoms with Crippen LogP contribution in [0, 0.1) is 0 Å². The maximum absolute atomic E-state index is 5.25. The molecule has 5 heteroatoms. The Morgan fingerprint density at radius 3 is 2.21 bits per heavy atom. The van der Waals surface area contributed by atoms with E-state index in [2.05, 4.69) is 46.7 Å². The number of benzene rings is 2. The molecule has 0 saturated heterocycles. The molecule has 2 aromatic carbocycles. The summed E-state index contributed by atoms with van der Waals surface area (Å²) in [5, 5.41) is 7.75. The Hall–Kier alpha value is -2.40. The van der Waals surface area contributed by atoms with Crippen LogP contribution in [0.3, 0.4) is 0 Å². The number of hydrogen-bond donors (Lipinski definition) is 2. The van der Waals surface area contributed by atoms with Crippen molar-refractivity contribution in [3.63, 3.8) is 0 Å². The molecule has 2 rings (SSSR count). The van der Waals surface area contributed by atoms with E-state index in [-0.39, 0.29) is 0 Å². The second-order valence-electron chi connectivity index (χ2n) is 6.09. The summed E-state index contributed by atoms with van der Waals surface area (Å²) in [7, 11) is 4.03. The minimum absolute atomic E-state index is 0.466. The molecule has 0 saturated carbocycles. The highest BCUT2D eigenvalue weighted by molar-refractivity contribution is 7.80. The van der Waals surface area contributed by atoms with Gasteiger partial charge in [-0.2, -0.15) is 5.10 Å². The Kier molecular flexibility index (Phi) is 6.32. The lowest BCUT2D eigenvalue weighted by Crippen LogP contribution is -2.23. The van der Waals surface area contributed by atoms with E-state index in [0.717, 1.165) is 16.9 Å². The van der Waals surface area contributed by atoms with Gasteiger partial charge in [0.1, 0.15) is 0 Å². The van der Waals surface area contributed by atoms with Gasteiger partial charge < -0.3 is 10.2 Å². The molecule has 0 unspecified atom stereocenters. The van der Waals surface area contributed by atoms with Gasteiger partial charge in [0, 0.05) is 25.5 Å². The van der Waals surface area contributed by atoms with Gasteiger partial charge in [-0.05, 0) is 53.5 Å². The highest BCUT2D eigenvalue weighted by Gasteiger charge is 2.00. The number of nitrogens with one attached hydrogen (secondary N) is 2. The normalized spacial score (nSPS) is 10.9. The van der Waals surface area contributed by atoms with Crippen molar-refractivity contribution in [3.8, 4) is 0 Å². The topological polar surface area (TPSA) is 39.7 Å². The van der Waals surface area contributed by atoms with Crippen LogP contribution < -0.4 is 15.6 Å². The number of rotatable bonds is 5. The summed E-state index contributed by atoms with van der Waals surface area (Å²) in [6.45, 7) is 4.35. The summed E-state index contributed by atoms with van der Waals surface area (Å²) in [6, 6.07) is 16.4. The van der Waals surface area contributed by atoms with Gasteiger partial charge in [-0.15, -0.1) is 0 Å². The molecular weight excluding hydrogens is 316 g/mol. The van der Waals surface area contributed by atoms with Crippen molar-refractivity contribution < 1.29 is 0 Å². The van der Waals surface area contributed by atoms with Crippen LogP contribution in [0.15, 0.2) is 53.6 Å². The molecule has 0 bridgehead atoms. The number of hydrogen-bond acceptors (Lipinski definition) is 3. The summed E-state index contributed by atoms with van der Waals surface area (Å²) < 4.78 is 0. The van der Waals surface area contributed by atoms with Crippen molar-refractivity contribution in [3.05, 3.63) is 59.7 Å². The van der Waals surface area contributed by atoms with Crippen LogP contribution in [0.4, 0.5) is 11.4 Å². The third-order valence-electron chi connectivity index (χ3n) is 3.62. The van der Waals surface area contributed by atoms with Crippen LogP contribution in [-0.2, 0) is 0 Å². The van der Waals surface area contributed by atoms with E-state index in [9.17, 15) is 0 Å². The molecule has 0 aliphatic rings. The minimum atomic E-state index is 0.466. The van der Waals surface area contributed by atoms with Crippen LogP contribution in [-0.4, -0.2) is 25.4 Å². The maximum atomic E-state index is 5.25. The number of thiocarbonyl (C=S) groups is 1. The van der Waals surface area contributed by atoms with Crippen molar-refractivity contribution >= 4 is 34.9 Å². The molecule has 0 heterocycles. The predicted octanol–water partition coefficient (Wildman–Crippen LogP) is 4.20. The summed E-state index contributed by atoms with van der Waals surface area (Å²) in [4.78, 5) is 2.06. The first-order valence-electron chi connectivity index (χ1n) is 7.93. The molecule has 0 atom stereocenters. The van der Waals surface area contributed by atoms with Crippen LogP contribution in [0.2, 0.25) is 0 Å². The quantitative estimate of drug-likeness (QED) is 0.486. The number of nitrogens with zero attached hydrogens (tertiary/aromatic N) is 2. The van der Waals surface area contributed by atoms with Crippen LogP contribution in [0.1, 0.15) is 30.9 Å². The molecule has 24 heavy (non-hydrogen) atoms. The Morgan fingerprint density at radius 1 is 1.04 bits per heavy atom. The predicted molar refractivity (Wildman–Crippen MR) is 108 cm³/mol. The Labute approximate surface area is 149 Å². The zero-order chi connectivity index (χ0) is 17.5. The molecule has 0 aliphatic heterocycles. The van der Waals surface area contributed by atoms with Crippen molar-refractivity contribution in [2.75, 3.05) is 24.3 Å². The number of hydrazone groups is 1. The summed E-state index contributed by atoms with van der Waals surface area (Å²) in [6.07, 6.45) is 1.75. The largest absolute Gasteiger partial charge is 0.378 e. The van der Waals surface area contributed by atoms with Crippen LogP contribution in [0.25, 0.3) is 0 Å². The fourth-order valence-electron chi connectivity index (χ4n) is 2.13. The SMILES string of the molecule is CC(C)c1ccc(NC(=S)N/N=C/c2ccc(N(C)C)cc2)cc1. The zero-order valence-corrected chi connectivity index (χ0v) is 15.4. The van der Waals surface area contributed by atoms with E-state index in [0.29, 0.717) is 11.0 Å². The summed E-state index contributed by atoms with van der Waals surface area (Å²) in [5.41, 5.74) is 7.25. The molecule has 0 spiro atoms. The first kappa shape index (κ1) is 17.9. The average Bonchev–Trinajstić information content (AvgIpc) is 2.55. The maximum Gasteiger partial charge on any atom is 0.191 e. The monoisotopic (exact) mass is 340 g/mol. The highest BCUT2D eigenvalue weighted by Crippen LogP contribution is 2.17. The molecule has 2 N–H and O–H groups in total. The van der Waals surface area contributed by atoms with Crippen molar-refractivity contribution in [2.45, 2.75) is 19.8 Å². The minimum Gasteiger partial charge on any atom is -0.378 e. The zero-order valence-electron chi connectivity index (χ0n) is 14.6. The van der Waals surface area contributed by atoms with Crippen LogP contribution >= 0.6 is 12.2 Å². The average molecular weight is 340 g/mol. The Bertz CT molecular complexity index is 688. The third-order valence-corrected chi connectivity index (χ3v) is 3.82. The van der Waals surface area contributed by atoms with E-state index < -0.39 is 0 Å². The standard InChI is InChI=1S/C19H24N4S/c1-14(2)16-7-9-17(10-8-16)21-19(24)22-20-13-15-5-11-18(12-6-15)23(3)4/h5-14H,1-4H3,(H2,21,22,24)/b20-13+. The van der Waals surface area contributed by atoms with E-state index in [1.165, 1.54) is 5.56 Å². The summed E-state index contributed by atoms with van der Waals surface area (Å²) >= 11 is 5.25. The van der Waals surface area contributed by atoms with Gasteiger partial charge in [0.25, 0.3) is 0 Å². The van der Waals surface area contributed by atoms with E-state index in [1.54, 1.807) is 6.21 Å². The molecule has 4 nitrogen and oxygen atoms in total. The molecule has 0 aromatic heterocycles. The first-order valence-corrected chi connectivity index (χ1v) is 8.34. The molecule has 126 valence electrons. The van der Waals surface area contributed by atoms with Gasteiger partial charge in [-0.1, -0.05) is 38.1 Å². The molecule has 2 aromatic rings. The van der Waals surface area contributed by atoms with Crippen molar-refractivity contribution in [1.29, 1.82) is 0 Å². The van der Waals surface area contributed by atoms with Crippen molar-refractivity contribution in [1.82, 2.24) is 5.43 Å². The molecule has 0 radical (unpaired) electrons. The lowest BCUT2D eigenvalue weighted by atomic mass is 10.0. The van der Waals surface area contributed by atoms with E-state index in [1.807, 2.05) is 50.5 Å². The van der Waals surface area contributed by atoms with Gasteiger partial charge in [0.05, 0.1) is 6.21 Å². The van der Waals surface area contributed by atoms with Gasteiger partial charge in [-0.25, -0.2) is 0 Å². The van der Waals surface area contributed by atoms with Gasteiger partial charge >= 0.3 is 0 Å². The molecule has 0 aliphatic carbocycles. The van der Waals surface area contributed by atoms with E-state index in [4.69, 9.17) is 12.2 Å². The second kappa shape index (κ2) is 8.45. The Balaban J connectivity index is 1.86. The van der Waals surface area contributed by atoms with Gasteiger partial charge in [0.2, 0.25) is 0 Å². The van der Waals surface area contributed by atoms with Gasteiger partial charge in [-0.3, -0.25) is 5.43 Å². The van der Waals surface area contributed by atoms with Gasteiger partial charge in [0.15, 0.2) is 5.11 Å². The molecule has 0 fully saturated rings. The lowest BCUT2D eigenvalue weighted by molar-refractivity contribution is 0.867. The molecule has 0 amide bonds. The lowest BCUT2D eigenvalue weighted by Gasteiger charge is -2.11. The fourth-order valence-corrected chi connectivity index (χ4v) is 2.30. The number of anilines is 2. The second-order valence-corrected chi connectivity index (χ2v) is 6.50. The fraction of sp³-hybridized carbons (Fsp3) is 0.263. The smallest absolute Gasteiger partial charge is 0.191 e. The van der Waals surface area contributed by atoms with E-state index >= 15 is 0 Å². The first-order chi connectivity index (χ1) is 11.5. The van der Waals surface area contributed by atoms with Crippen LogP contribution in [0.5, 0.6) is 0 Å². The highest BCUT2D eigenvalue weighted by atomic mass is 32.1.